The minimum absolute atomic E-state index is 0.157. The van der Waals surface area contributed by atoms with Crippen LogP contribution in [0.25, 0.3) is 0 Å². The summed E-state index contributed by atoms with van der Waals surface area (Å²) in [7, 11) is -3.67. The lowest BCUT2D eigenvalue weighted by molar-refractivity contribution is 0.292. The quantitative estimate of drug-likeness (QED) is 0.851. The Kier molecular flexibility index (Phi) is 5.27. The fourth-order valence-corrected chi connectivity index (χ4v) is 3.65. The molecule has 6 heteroatoms. The van der Waals surface area contributed by atoms with Gasteiger partial charge in [-0.05, 0) is 30.2 Å². The van der Waals surface area contributed by atoms with Gasteiger partial charge in [0.15, 0.2) is 21.5 Å². The zero-order valence-corrected chi connectivity index (χ0v) is 13.0. The minimum Gasteiger partial charge on any atom is -0.313 e. The van der Waals surface area contributed by atoms with Crippen molar-refractivity contribution in [3.05, 3.63) is 29.8 Å². The highest BCUT2D eigenvalue weighted by atomic mass is 32.2. The monoisotopic (exact) mass is 305 g/mol. The van der Waals surface area contributed by atoms with E-state index in [1.54, 1.807) is 0 Å². The summed E-state index contributed by atoms with van der Waals surface area (Å²) < 4.78 is 50.6. The van der Waals surface area contributed by atoms with E-state index in [2.05, 4.69) is 5.32 Å². The van der Waals surface area contributed by atoms with Gasteiger partial charge >= 0.3 is 0 Å². The Labute approximate surface area is 119 Å². The maximum Gasteiger partial charge on any atom is 0.180 e. The van der Waals surface area contributed by atoms with Crippen LogP contribution in [0.1, 0.15) is 27.7 Å². The maximum absolute atomic E-state index is 13.2. The molecule has 0 radical (unpaired) electrons. The highest BCUT2D eigenvalue weighted by molar-refractivity contribution is 7.91. The third-order valence-corrected chi connectivity index (χ3v) is 4.88. The molecule has 1 unspecified atom stereocenters. The standard InChI is InChI=1S/C14H21F2NO2S/c1-5-17-13(14(2,3)4)9-20(18,19)10-6-7-11(15)12(16)8-10/h6-8,13,17H,5,9H2,1-4H3. The number of nitrogens with one attached hydrogen (secondary N) is 1. The van der Waals surface area contributed by atoms with Gasteiger partial charge in [-0.3, -0.25) is 0 Å². The summed E-state index contributed by atoms with van der Waals surface area (Å²) in [4.78, 5) is -0.191. The number of halogens is 2. The summed E-state index contributed by atoms with van der Waals surface area (Å²) in [5.74, 6) is -2.36. The van der Waals surface area contributed by atoms with E-state index in [1.807, 2.05) is 27.7 Å². The molecule has 0 aliphatic carbocycles. The molecule has 0 heterocycles. The van der Waals surface area contributed by atoms with Gasteiger partial charge in [-0.15, -0.1) is 0 Å². The Balaban J connectivity index is 3.06. The number of rotatable bonds is 5. The Hall–Kier alpha value is -1.01. The second-order valence-electron chi connectivity index (χ2n) is 5.83. The summed E-state index contributed by atoms with van der Waals surface area (Å²) in [6, 6.07) is 2.39. The zero-order valence-electron chi connectivity index (χ0n) is 12.2. The summed E-state index contributed by atoms with van der Waals surface area (Å²) in [6.45, 7) is 8.32. The van der Waals surface area contributed by atoms with Gasteiger partial charge in [0.2, 0.25) is 0 Å². The van der Waals surface area contributed by atoms with Gasteiger partial charge in [0.1, 0.15) is 0 Å². The molecule has 0 aliphatic rings. The van der Waals surface area contributed by atoms with Gasteiger partial charge in [-0.1, -0.05) is 27.7 Å². The topological polar surface area (TPSA) is 46.2 Å². The lowest BCUT2D eigenvalue weighted by Crippen LogP contribution is -2.45. The molecule has 0 aliphatic heterocycles. The fourth-order valence-electron chi connectivity index (χ4n) is 1.85. The van der Waals surface area contributed by atoms with Crippen molar-refractivity contribution in [1.29, 1.82) is 0 Å². The highest BCUT2D eigenvalue weighted by Crippen LogP contribution is 2.24. The van der Waals surface area contributed by atoms with Crippen LogP contribution in [-0.4, -0.2) is 26.8 Å². The molecular formula is C14H21F2NO2S. The third-order valence-electron chi connectivity index (χ3n) is 3.13. The van der Waals surface area contributed by atoms with Crippen molar-refractivity contribution in [2.24, 2.45) is 5.41 Å². The smallest absolute Gasteiger partial charge is 0.180 e. The Bertz CT molecular complexity index is 565. The number of hydrogen-bond acceptors (Lipinski definition) is 3. The molecule has 0 aromatic heterocycles. The van der Waals surface area contributed by atoms with Crippen LogP contribution in [-0.2, 0) is 9.84 Å². The molecule has 1 atom stereocenters. The molecule has 3 nitrogen and oxygen atoms in total. The molecule has 20 heavy (non-hydrogen) atoms. The van der Waals surface area contributed by atoms with Crippen LogP contribution in [0.5, 0.6) is 0 Å². The van der Waals surface area contributed by atoms with Crippen molar-refractivity contribution in [3.63, 3.8) is 0 Å². The molecule has 0 saturated carbocycles. The van der Waals surface area contributed by atoms with Crippen LogP contribution >= 0.6 is 0 Å². The van der Waals surface area contributed by atoms with Gasteiger partial charge in [0.05, 0.1) is 10.6 Å². The van der Waals surface area contributed by atoms with Gasteiger partial charge in [0, 0.05) is 6.04 Å². The first-order valence-electron chi connectivity index (χ1n) is 6.49. The molecule has 114 valence electrons. The maximum atomic E-state index is 13.2. The molecule has 0 spiro atoms. The SMILES string of the molecule is CCNC(CS(=O)(=O)c1ccc(F)c(F)c1)C(C)(C)C. The third kappa shape index (κ3) is 4.24. The number of benzene rings is 1. The molecule has 1 aromatic carbocycles. The second kappa shape index (κ2) is 6.18. The average molecular weight is 305 g/mol. The van der Waals surface area contributed by atoms with Crippen molar-refractivity contribution in [2.45, 2.75) is 38.6 Å². The van der Waals surface area contributed by atoms with E-state index in [9.17, 15) is 17.2 Å². The first-order chi connectivity index (χ1) is 9.08. The van der Waals surface area contributed by atoms with Crippen LogP contribution in [0.2, 0.25) is 0 Å². The molecule has 1 rings (SSSR count). The molecule has 0 fully saturated rings. The van der Waals surface area contributed by atoms with Gasteiger partial charge < -0.3 is 5.32 Å². The highest BCUT2D eigenvalue weighted by Gasteiger charge is 2.30. The second-order valence-corrected chi connectivity index (χ2v) is 7.87. The predicted molar refractivity (Wildman–Crippen MR) is 75.3 cm³/mol. The summed E-state index contributed by atoms with van der Waals surface area (Å²) >= 11 is 0. The largest absolute Gasteiger partial charge is 0.313 e. The van der Waals surface area contributed by atoms with Gasteiger partial charge in [0.25, 0.3) is 0 Å². The normalized spacial score (nSPS) is 14.3. The fraction of sp³-hybridized carbons (Fsp3) is 0.571. The molecule has 0 saturated heterocycles. The van der Waals surface area contributed by atoms with Crippen LogP contribution < -0.4 is 5.32 Å². The molecular weight excluding hydrogens is 284 g/mol. The van der Waals surface area contributed by atoms with Crippen molar-refractivity contribution >= 4 is 9.84 Å². The molecule has 1 aromatic rings. The summed E-state index contributed by atoms with van der Waals surface area (Å²) in [6.07, 6.45) is 0. The zero-order chi connectivity index (χ0) is 15.6. The summed E-state index contributed by atoms with van der Waals surface area (Å²) in [5.41, 5.74) is -0.262. The Morgan fingerprint density at radius 1 is 1.20 bits per heavy atom. The average Bonchev–Trinajstić information content (AvgIpc) is 2.30. The Morgan fingerprint density at radius 2 is 1.80 bits per heavy atom. The van der Waals surface area contributed by atoms with Crippen molar-refractivity contribution < 1.29 is 17.2 Å². The van der Waals surface area contributed by atoms with Crippen LogP contribution in [0.4, 0.5) is 8.78 Å². The van der Waals surface area contributed by atoms with E-state index in [1.165, 1.54) is 0 Å². The van der Waals surface area contributed by atoms with E-state index in [0.29, 0.717) is 6.54 Å². The first kappa shape index (κ1) is 17.0. The molecule has 1 N–H and O–H groups in total. The lowest BCUT2D eigenvalue weighted by atomic mass is 9.88. The van der Waals surface area contributed by atoms with Gasteiger partial charge in [-0.25, -0.2) is 17.2 Å². The number of hydrogen-bond donors (Lipinski definition) is 1. The van der Waals surface area contributed by atoms with E-state index < -0.39 is 21.5 Å². The number of sulfone groups is 1. The predicted octanol–water partition coefficient (Wildman–Crippen LogP) is 2.76. The lowest BCUT2D eigenvalue weighted by Gasteiger charge is -2.31. The van der Waals surface area contributed by atoms with E-state index in [0.717, 1.165) is 18.2 Å². The first-order valence-corrected chi connectivity index (χ1v) is 8.14. The van der Waals surface area contributed by atoms with Crippen molar-refractivity contribution in [3.8, 4) is 0 Å². The van der Waals surface area contributed by atoms with Gasteiger partial charge in [-0.2, -0.15) is 0 Å². The van der Waals surface area contributed by atoms with Crippen LogP contribution in [0.15, 0.2) is 23.1 Å². The van der Waals surface area contributed by atoms with Crippen molar-refractivity contribution in [1.82, 2.24) is 5.32 Å². The van der Waals surface area contributed by atoms with Crippen LogP contribution in [0.3, 0.4) is 0 Å². The molecule has 0 bridgehead atoms. The summed E-state index contributed by atoms with van der Waals surface area (Å²) in [5, 5.41) is 3.13. The Morgan fingerprint density at radius 3 is 2.25 bits per heavy atom. The van der Waals surface area contributed by atoms with E-state index in [4.69, 9.17) is 0 Å². The van der Waals surface area contributed by atoms with E-state index >= 15 is 0 Å². The minimum atomic E-state index is -3.67. The van der Waals surface area contributed by atoms with Crippen molar-refractivity contribution in [2.75, 3.05) is 12.3 Å². The molecule has 0 amide bonds. The van der Waals surface area contributed by atoms with E-state index in [-0.39, 0.29) is 22.1 Å². The van der Waals surface area contributed by atoms with Crippen LogP contribution in [0, 0.1) is 17.0 Å².